The van der Waals surface area contributed by atoms with Gasteiger partial charge in [-0.1, -0.05) is 6.92 Å². The Morgan fingerprint density at radius 1 is 1.35 bits per heavy atom. The van der Waals surface area contributed by atoms with E-state index in [-0.39, 0.29) is 23.6 Å². The topological polar surface area (TPSA) is 107 Å². The summed E-state index contributed by atoms with van der Waals surface area (Å²) >= 11 is 1.62. The van der Waals surface area contributed by atoms with Crippen LogP contribution in [-0.2, 0) is 9.59 Å². The second-order valence-corrected chi connectivity index (χ2v) is 9.53. The van der Waals surface area contributed by atoms with Gasteiger partial charge < -0.3 is 20.8 Å². The van der Waals surface area contributed by atoms with Gasteiger partial charge in [0.15, 0.2) is 0 Å². The summed E-state index contributed by atoms with van der Waals surface area (Å²) in [4.78, 5) is 28.8. The molecule has 0 bridgehead atoms. The molecule has 0 spiro atoms. The lowest BCUT2D eigenvalue weighted by Crippen LogP contribution is -2.63. The standard InChI is InChI=1S/C18H27N3O4S/c1-8-14-13(9(2)22)17(23)21(14)15(18(24)25)16(8)26-12-6-20(7-12)11-4-3-10(19)5-11/h8-14,22H,3-7,19H2,1-2H3,(H,24,25)/t8-,9?,10+,11+,13-,14-/m1/s1. The van der Waals surface area contributed by atoms with Crippen LogP contribution in [0.2, 0.25) is 0 Å². The summed E-state index contributed by atoms with van der Waals surface area (Å²) in [5.74, 6) is -1.84. The maximum absolute atomic E-state index is 12.4. The second-order valence-electron chi connectivity index (χ2n) is 8.19. The summed E-state index contributed by atoms with van der Waals surface area (Å²) in [5, 5.41) is 19.9. The van der Waals surface area contributed by atoms with Crippen LogP contribution in [0.3, 0.4) is 0 Å². The molecule has 7 nitrogen and oxygen atoms in total. The van der Waals surface area contributed by atoms with Gasteiger partial charge in [0.25, 0.3) is 0 Å². The number of aliphatic hydroxyl groups is 1. The molecule has 1 aliphatic carbocycles. The molecule has 3 aliphatic heterocycles. The molecule has 3 heterocycles. The Balaban J connectivity index is 1.44. The van der Waals surface area contributed by atoms with Crippen molar-refractivity contribution in [3.8, 4) is 0 Å². The first-order valence-corrected chi connectivity index (χ1v) is 10.3. The summed E-state index contributed by atoms with van der Waals surface area (Å²) in [6, 6.07) is 0.659. The van der Waals surface area contributed by atoms with Gasteiger partial charge in [-0.15, -0.1) is 11.8 Å². The molecule has 0 aromatic rings. The quantitative estimate of drug-likeness (QED) is 0.593. The zero-order valence-corrected chi connectivity index (χ0v) is 16.0. The lowest BCUT2D eigenvalue weighted by molar-refractivity contribution is -0.163. The van der Waals surface area contributed by atoms with Crippen LogP contribution in [0.4, 0.5) is 0 Å². The van der Waals surface area contributed by atoms with Crippen molar-refractivity contribution in [3.63, 3.8) is 0 Å². The number of aliphatic carboxylic acids is 1. The van der Waals surface area contributed by atoms with Crippen LogP contribution in [0.5, 0.6) is 0 Å². The van der Waals surface area contributed by atoms with E-state index < -0.39 is 18.0 Å². The van der Waals surface area contributed by atoms with Crippen molar-refractivity contribution in [3.05, 3.63) is 10.6 Å². The number of fused-ring (bicyclic) bond motifs is 1. The van der Waals surface area contributed by atoms with E-state index in [1.54, 1.807) is 18.7 Å². The third-order valence-corrected chi connectivity index (χ3v) is 7.89. The molecule has 4 aliphatic rings. The van der Waals surface area contributed by atoms with Gasteiger partial charge in [-0.25, -0.2) is 4.79 Å². The minimum atomic E-state index is -1.04. The number of nitrogens with two attached hydrogens (primary N) is 1. The van der Waals surface area contributed by atoms with Crippen molar-refractivity contribution < 1.29 is 19.8 Å². The SMILES string of the molecule is CC(O)[C@H]1C(=O)N2C(C(=O)O)=C(SC3CN([C@H]4CC[C@H](N)C4)C3)[C@H](C)[C@H]12. The first-order chi connectivity index (χ1) is 12.3. The monoisotopic (exact) mass is 381 g/mol. The fourth-order valence-electron chi connectivity index (χ4n) is 5.02. The van der Waals surface area contributed by atoms with Gasteiger partial charge in [0, 0.05) is 41.2 Å². The molecule has 2 saturated heterocycles. The van der Waals surface area contributed by atoms with E-state index in [1.807, 2.05) is 6.92 Å². The number of carbonyl (C=O) groups is 2. The Morgan fingerprint density at radius 3 is 2.58 bits per heavy atom. The van der Waals surface area contributed by atoms with E-state index in [9.17, 15) is 19.8 Å². The highest BCUT2D eigenvalue weighted by atomic mass is 32.2. The number of likely N-dealkylation sites (tertiary alicyclic amines) is 1. The van der Waals surface area contributed by atoms with E-state index in [0.29, 0.717) is 17.3 Å². The molecular weight excluding hydrogens is 354 g/mol. The maximum Gasteiger partial charge on any atom is 0.353 e. The van der Waals surface area contributed by atoms with Crippen molar-refractivity contribution in [1.29, 1.82) is 0 Å². The minimum absolute atomic E-state index is 0.0441. The molecule has 1 amide bonds. The van der Waals surface area contributed by atoms with Crippen molar-refractivity contribution in [1.82, 2.24) is 9.80 Å². The fraction of sp³-hybridized carbons (Fsp3) is 0.778. The van der Waals surface area contributed by atoms with Crippen LogP contribution in [-0.4, -0.2) is 74.5 Å². The number of carboxylic acid groups (broad SMARTS) is 1. The number of rotatable bonds is 5. The van der Waals surface area contributed by atoms with Gasteiger partial charge in [-0.3, -0.25) is 9.69 Å². The van der Waals surface area contributed by atoms with Gasteiger partial charge in [0.2, 0.25) is 5.91 Å². The highest BCUT2D eigenvalue weighted by Crippen LogP contribution is 2.52. The lowest BCUT2D eigenvalue weighted by atomic mass is 9.79. The molecule has 3 fully saturated rings. The molecule has 26 heavy (non-hydrogen) atoms. The van der Waals surface area contributed by atoms with Crippen molar-refractivity contribution in [2.45, 2.75) is 62.6 Å². The van der Waals surface area contributed by atoms with Gasteiger partial charge in [-0.2, -0.15) is 0 Å². The number of nitrogens with zero attached hydrogens (tertiary/aromatic N) is 2. The number of amides is 1. The third-order valence-electron chi connectivity index (χ3n) is 6.44. The number of β-lactam (4-membered cyclic amide) rings is 1. The Bertz CT molecular complexity index is 661. The van der Waals surface area contributed by atoms with Crippen LogP contribution in [0, 0.1) is 11.8 Å². The van der Waals surface area contributed by atoms with Crippen LogP contribution >= 0.6 is 11.8 Å². The average molecular weight is 381 g/mol. The van der Waals surface area contributed by atoms with Crippen LogP contribution in [0.25, 0.3) is 0 Å². The number of thioether (sulfide) groups is 1. The Labute approximate surface area is 157 Å². The van der Waals surface area contributed by atoms with Gasteiger partial charge in [-0.05, 0) is 26.2 Å². The minimum Gasteiger partial charge on any atom is -0.477 e. The average Bonchev–Trinajstić information content (AvgIpc) is 3.03. The largest absolute Gasteiger partial charge is 0.477 e. The van der Waals surface area contributed by atoms with Crippen LogP contribution in [0.1, 0.15) is 33.1 Å². The van der Waals surface area contributed by atoms with Crippen molar-refractivity contribution in [2.24, 2.45) is 17.6 Å². The molecule has 1 unspecified atom stereocenters. The summed E-state index contributed by atoms with van der Waals surface area (Å²) in [6.45, 7) is 5.48. The van der Waals surface area contributed by atoms with Gasteiger partial charge in [0.1, 0.15) is 5.70 Å². The molecular formula is C18H27N3O4S. The molecule has 0 aromatic carbocycles. The van der Waals surface area contributed by atoms with Crippen molar-refractivity contribution in [2.75, 3.05) is 13.1 Å². The maximum atomic E-state index is 12.4. The summed E-state index contributed by atoms with van der Waals surface area (Å²) in [7, 11) is 0. The molecule has 0 radical (unpaired) electrons. The zero-order valence-electron chi connectivity index (χ0n) is 15.2. The molecule has 1 saturated carbocycles. The molecule has 6 atom stereocenters. The number of carboxylic acids is 1. The molecule has 4 N–H and O–H groups in total. The molecule has 8 heteroatoms. The fourth-order valence-corrected chi connectivity index (χ4v) is 6.57. The smallest absolute Gasteiger partial charge is 0.353 e. The number of aliphatic hydroxyl groups excluding tert-OH is 1. The molecule has 144 valence electrons. The Kier molecular flexibility index (Phi) is 4.58. The first-order valence-electron chi connectivity index (χ1n) is 9.44. The number of carbonyl (C=O) groups excluding carboxylic acids is 1. The van der Waals surface area contributed by atoms with Crippen LogP contribution in [0.15, 0.2) is 10.6 Å². The first kappa shape index (κ1) is 18.3. The van der Waals surface area contributed by atoms with E-state index in [0.717, 1.165) is 37.3 Å². The summed E-state index contributed by atoms with van der Waals surface area (Å²) < 4.78 is 0. The predicted molar refractivity (Wildman–Crippen MR) is 98.2 cm³/mol. The van der Waals surface area contributed by atoms with E-state index in [2.05, 4.69) is 4.90 Å². The van der Waals surface area contributed by atoms with Crippen molar-refractivity contribution >= 4 is 23.6 Å². The second kappa shape index (κ2) is 6.51. The third kappa shape index (κ3) is 2.69. The van der Waals surface area contributed by atoms with Gasteiger partial charge in [0.05, 0.1) is 18.1 Å². The van der Waals surface area contributed by atoms with E-state index >= 15 is 0 Å². The molecule has 4 rings (SSSR count). The highest BCUT2D eigenvalue weighted by Gasteiger charge is 2.60. The number of hydrogen-bond acceptors (Lipinski definition) is 6. The van der Waals surface area contributed by atoms with E-state index in [4.69, 9.17) is 5.73 Å². The lowest BCUT2D eigenvalue weighted by Gasteiger charge is -2.46. The Hall–Kier alpha value is -1.09. The summed E-state index contributed by atoms with van der Waals surface area (Å²) in [5.41, 5.74) is 6.14. The zero-order chi connectivity index (χ0) is 18.7. The van der Waals surface area contributed by atoms with E-state index in [1.165, 1.54) is 4.90 Å². The Morgan fingerprint density at radius 2 is 2.04 bits per heavy atom. The summed E-state index contributed by atoms with van der Waals surface area (Å²) in [6.07, 6.45) is 2.54. The predicted octanol–water partition coefficient (Wildman–Crippen LogP) is 0.437. The molecule has 0 aromatic heterocycles. The van der Waals surface area contributed by atoms with Gasteiger partial charge >= 0.3 is 5.97 Å². The highest BCUT2D eigenvalue weighted by molar-refractivity contribution is 8.03. The normalized spacial score (nSPS) is 39.0. The number of hydrogen-bond donors (Lipinski definition) is 3. The van der Waals surface area contributed by atoms with Crippen LogP contribution < -0.4 is 5.73 Å².